The Kier molecular flexibility index (Phi) is 3.73. The van der Waals surface area contributed by atoms with Gasteiger partial charge in [-0.05, 0) is 19.8 Å². The summed E-state index contributed by atoms with van der Waals surface area (Å²) in [7, 11) is 0. The minimum atomic E-state index is 0.566. The number of unbranched alkanes of at least 4 members (excludes halogenated alkanes) is 1. The number of hydrogen-bond donors (Lipinski definition) is 1. The maximum Gasteiger partial charge on any atom is 0.203 e. The highest BCUT2D eigenvalue weighted by Gasteiger charge is 1.98. The first kappa shape index (κ1) is 9.19. The molecule has 2 N–H and O–H groups in total. The summed E-state index contributed by atoms with van der Waals surface area (Å²) in [6.45, 7) is 2.03. The smallest absolute Gasteiger partial charge is 0.203 e. The lowest BCUT2D eigenvalue weighted by molar-refractivity contribution is 0.819. The van der Waals surface area contributed by atoms with Crippen molar-refractivity contribution in [1.29, 1.82) is 0 Å². The largest absolute Gasteiger partial charge is 0.374 e. The van der Waals surface area contributed by atoms with Gasteiger partial charge in [0.15, 0.2) is 0 Å². The van der Waals surface area contributed by atoms with Crippen molar-refractivity contribution >= 4 is 16.5 Å². The van der Waals surface area contributed by atoms with Gasteiger partial charge in [-0.25, -0.2) is 0 Å². The van der Waals surface area contributed by atoms with Gasteiger partial charge in [0, 0.05) is 6.42 Å². The molecule has 1 rings (SSSR count). The van der Waals surface area contributed by atoms with E-state index in [9.17, 15) is 0 Å². The zero-order chi connectivity index (χ0) is 8.81. The van der Waals surface area contributed by atoms with Crippen LogP contribution in [0.3, 0.4) is 0 Å². The van der Waals surface area contributed by atoms with Gasteiger partial charge in [0.05, 0.1) is 0 Å². The first-order chi connectivity index (χ1) is 5.83. The number of nitrogen functional groups attached to an aromatic ring is 1. The van der Waals surface area contributed by atoms with E-state index in [1.54, 1.807) is 0 Å². The van der Waals surface area contributed by atoms with Crippen molar-refractivity contribution in [3.63, 3.8) is 0 Å². The zero-order valence-corrected chi connectivity index (χ0v) is 7.97. The number of nitrogens with zero attached hydrogens (tertiary/aromatic N) is 2. The predicted molar refractivity (Wildman–Crippen MR) is 52.1 cm³/mol. The quantitative estimate of drug-likeness (QED) is 0.574. The Morgan fingerprint density at radius 1 is 1.50 bits per heavy atom. The van der Waals surface area contributed by atoms with Crippen LogP contribution in [0.2, 0.25) is 0 Å². The highest BCUT2D eigenvalue weighted by molar-refractivity contribution is 7.15. The summed E-state index contributed by atoms with van der Waals surface area (Å²) in [4.78, 5) is 0. The molecule has 0 bridgehead atoms. The average molecular weight is 183 g/mol. The Morgan fingerprint density at radius 2 is 2.33 bits per heavy atom. The second-order valence-electron chi connectivity index (χ2n) is 2.50. The molecule has 0 fully saturated rings. The van der Waals surface area contributed by atoms with Crippen molar-refractivity contribution in [3.8, 4) is 0 Å². The molecule has 0 aromatic carbocycles. The fourth-order valence-corrected chi connectivity index (χ4v) is 1.56. The summed E-state index contributed by atoms with van der Waals surface area (Å²) >= 11 is 1.48. The van der Waals surface area contributed by atoms with Gasteiger partial charge < -0.3 is 5.73 Å². The standard InChI is InChI=1S/C8H13N3S/c1-2-3-4-5-6-7-10-11-8(9)12-7/h2-3H,4-6H2,1H3,(H2,9,11)/b3-2+. The van der Waals surface area contributed by atoms with E-state index in [0.717, 1.165) is 24.3 Å². The van der Waals surface area contributed by atoms with Gasteiger partial charge in [-0.3, -0.25) is 0 Å². The normalized spacial score (nSPS) is 11.1. The third-order valence-corrected chi connectivity index (χ3v) is 2.29. The van der Waals surface area contributed by atoms with Gasteiger partial charge in [0.2, 0.25) is 5.13 Å². The van der Waals surface area contributed by atoms with Gasteiger partial charge >= 0.3 is 0 Å². The summed E-state index contributed by atoms with van der Waals surface area (Å²) in [5.41, 5.74) is 5.44. The molecule has 0 aliphatic rings. The highest BCUT2D eigenvalue weighted by atomic mass is 32.1. The number of aromatic nitrogens is 2. The number of rotatable bonds is 4. The predicted octanol–water partition coefficient (Wildman–Crippen LogP) is 2.02. The molecule has 0 radical (unpaired) electrons. The molecule has 0 atom stereocenters. The minimum Gasteiger partial charge on any atom is -0.374 e. The molecule has 12 heavy (non-hydrogen) atoms. The van der Waals surface area contributed by atoms with E-state index in [0.29, 0.717) is 5.13 Å². The number of hydrogen-bond acceptors (Lipinski definition) is 4. The molecule has 66 valence electrons. The number of allylic oxidation sites excluding steroid dienone is 2. The summed E-state index contributed by atoms with van der Waals surface area (Å²) in [5, 5.41) is 9.28. The molecule has 4 heteroatoms. The molecule has 0 spiro atoms. The molecule has 0 aliphatic heterocycles. The van der Waals surface area contributed by atoms with Crippen LogP contribution in [0.5, 0.6) is 0 Å². The van der Waals surface area contributed by atoms with Crippen LogP contribution in [-0.2, 0) is 6.42 Å². The van der Waals surface area contributed by atoms with Crippen LogP contribution < -0.4 is 5.73 Å². The molecule has 0 unspecified atom stereocenters. The second-order valence-corrected chi connectivity index (χ2v) is 3.59. The lowest BCUT2D eigenvalue weighted by Gasteiger charge is -1.90. The fourth-order valence-electron chi connectivity index (χ4n) is 0.905. The molecule has 1 aromatic rings. The van der Waals surface area contributed by atoms with Crippen LogP contribution in [0.15, 0.2) is 12.2 Å². The van der Waals surface area contributed by atoms with Crippen molar-refractivity contribution < 1.29 is 0 Å². The van der Waals surface area contributed by atoms with Gasteiger partial charge in [0.25, 0.3) is 0 Å². The van der Waals surface area contributed by atoms with Crippen molar-refractivity contribution in [2.75, 3.05) is 5.73 Å². The minimum absolute atomic E-state index is 0.566. The van der Waals surface area contributed by atoms with Gasteiger partial charge in [-0.2, -0.15) is 0 Å². The highest BCUT2D eigenvalue weighted by Crippen LogP contribution is 2.13. The van der Waals surface area contributed by atoms with Gasteiger partial charge in [-0.15, -0.1) is 10.2 Å². The first-order valence-electron chi connectivity index (χ1n) is 4.02. The number of aryl methyl sites for hydroxylation is 1. The van der Waals surface area contributed by atoms with E-state index >= 15 is 0 Å². The monoisotopic (exact) mass is 183 g/mol. The molecule has 0 amide bonds. The third-order valence-electron chi connectivity index (χ3n) is 1.48. The van der Waals surface area contributed by atoms with Crippen LogP contribution in [-0.4, -0.2) is 10.2 Å². The summed E-state index contributed by atoms with van der Waals surface area (Å²) in [5.74, 6) is 0. The van der Waals surface area contributed by atoms with Crippen LogP contribution >= 0.6 is 11.3 Å². The molecule has 1 heterocycles. The summed E-state index contributed by atoms with van der Waals surface area (Å²) < 4.78 is 0. The van der Waals surface area contributed by atoms with E-state index in [2.05, 4.69) is 22.3 Å². The SMILES string of the molecule is C/C=C/CCCc1nnc(N)s1. The van der Waals surface area contributed by atoms with Crippen LogP contribution in [0.25, 0.3) is 0 Å². The van der Waals surface area contributed by atoms with Crippen molar-refractivity contribution in [1.82, 2.24) is 10.2 Å². The third kappa shape index (κ3) is 3.00. The molecular weight excluding hydrogens is 170 g/mol. The molecule has 0 aliphatic carbocycles. The van der Waals surface area contributed by atoms with Crippen LogP contribution in [0.4, 0.5) is 5.13 Å². The van der Waals surface area contributed by atoms with E-state index in [1.165, 1.54) is 11.3 Å². The Bertz CT molecular complexity index is 255. The Hall–Kier alpha value is -0.900. The molecule has 0 saturated heterocycles. The Morgan fingerprint density at radius 3 is 2.92 bits per heavy atom. The van der Waals surface area contributed by atoms with E-state index in [1.807, 2.05) is 6.92 Å². The fraction of sp³-hybridized carbons (Fsp3) is 0.500. The summed E-state index contributed by atoms with van der Waals surface area (Å²) in [6.07, 6.45) is 7.44. The Balaban J connectivity index is 2.24. The van der Waals surface area contributed by atoms with Gasteiger partial charge in [0.1, 0.15) is 5.01 Å². The molecular formula is C8H13N3S. The van der Waals surface area contributed by atoms with Crippen molar-refractivity contribution in [2.45, 2.75) is 26.2 Å². The number of nitrogens with two attached hydrogens (primary N) is 1. The van der Waals surface area contributed by atoms with Gasteiger partial charge in [-0.1, -0.05) is 23.5 Å². The van der Waals surface area contributed by atoms with Crippen LogP contribution in [0.1, 0.15) is 24.8 Å². The molecule has 1 aromatic heterocycles. The average Bonchev–Trinajstić information content (AvgIpc) is 2.45. The van der Waals surface area contributed by atoms with E-state index < -0.39 is 0 Å². The second kappa shape index (κ2) is 4.87. The Labute approximate surface area is 76.3 Å². The topological polar surface area (TPSA) is 51.8 Å². The maximum absolute atomic E-state index is 5.44. The summed E-state index contributed by atoms with van der Waals surface area (Å²) in [6, 6.07) is 0. The zero-order valence-electron chi connectivity index (χ0n) is 7.16. The van der Waals surface area contributed by atoms with E-state index in [-0.39, 0.29) is 0 Å². The van der Waals surface area contributed by atoms with Crippen LogP contribution in [0, 0.1) is 0 Å². The number of anilines is 1. The lowest BCUT2D eigenvalue weighted by Crippen LogP contribution is -1.83. The first-order valence-corrected chi connectivity index (χ1v) is 4.83. The van der Waals surface area contributed by atoms with E-state index in [4.69, 9.17) is 5.73 Å². The van der Waals surface area contributed by atoms with Crippen molar-refractivity contribution in [3.05, 3.63) is 17.2 Å². The molecule has 0 saturated carbocycles. The van der Waals surface area contributed by atoms with Crippen molar-refractivity contribution in [2.24, 2.45) is 0 Å². The maximum atomic E-state index is 5.44. The molecule has 3 nitrogen and oxygen atoms in total. The lowest BCUT2D eigenvalue weighted by atomic mass is 10.2.